The Morgan fingerprint density at radius 2 is 2.29 bits per heavy atom. The molecule has 0 heterocycles. The van der Waals surface area contributed by atoms with Crippen molar-refractivity contribution in [3.8, 4) is 18.1 Å². The fourth-order valence-corrected chi connectivity index (χ4v) is 1.23. The van der Waals surface area contributed by atoms with Crippen molar-refractivity contribution < 1.29 is 4.74 Å². The molecule has 1 aromatic rings. The summed E-state index contributed by atoms with van der Waals surface area (Å²) in [5, 5.41) is 0. The summed E-state index contributed by atoms with van der Waals surface area (Å²) in [5.41, 5.74) is 7.43. The lowest BCUT2D eigenvalue weighted by Crippen LogP contribution is -2.18. The normalized spacial score (nSPS) is 9.21. The van der Waals surface area contributed by atoms with Crippen LogP contribution in [0.2, 0.25) is 0 Å². The fraction of sp³-hybridized carbons (Fsp3) is 0.273. The molecule has 0 spiro atoms. The SMILES string of the molecule is C#CCN(C)c1ccc(OC)cc1N. The molecule has 3 heteroatoms. The molecule has 1 aromatic carbocycles. The summed E-state index contributed by atoms with van der Waals surface area (Å²) in [6.45, 7) is 0.538. The number of methoxy groups -OCH3 is 1. The van der Waals surface area contributed by atoms with E-state index in [0.717, 1.165) is 11.4 Å². The number of benzene rings is 1. The lowest BCUT2D eigenvalue weighted by Gasteiger charge is -2.18. The number of rotatable bonds is 3. The first-order valence-corrected chi connectivity index (χ1v) is 4.27. The van der Waals surface area contributed by atoms with Crippen LogP contribution in [0.4, 0.5) is 11.4 Å². The van der Waals surface area contributed by atoms with E-state index in [-0.39, 0.29) is 0 Å². The first-order valence-electron chi connectivity index (χ1n) is 4.27. The Balaban J connectivity index is 2.94. The average molecular weight is 190 g/mol. The van der Waals surface area contributed by atoms with Crippen LogP contribution in [0.1, 0.15) is 0 Å². The van der Waals surface area contributed by atoms with Crippen molar-refractivity contribution in [3.63, 3.8) is 0 Å². The van der Waals surface area contributed by atoms with Crippen LogP contribution in [-0.2, 0) is 0 Å². The largest absolute Gasteiger partial charge is 0.497 e. The Bertz CT molecular complexity index is 355. The van der Waals surface area contributed by atoms with Crippen molar-refractivity contribution in [2.45, 2.75) is 0 Å². The third kappa shape index (κ3) is 2.11. The second kappa shape index (κ2) is 4.43. The minimum absolute atomic E-state index is 0.538. The number of terminal acetylenes is 1. The highest BCUT2D eigenvalue weighted by molar-refractivity contribution is 5.69. The number of hydrogen-bond donors (Lipinski definition) is 1. The highest BCUT2D eigenvalue weighted by atomic mass is 16.5. The van der Waals surface area contributed by atoms with Gasteiger partial charge in [-0.25, -0.2) is 0 Å². The lowest BCUT2D eigenvalue weighted by atomic mass is 10.2. The Labute approximate surface area is 84.5 Å². The zero-order valence-corrected chi connectivity index (χ0v) is 8.45. The molecule has 0 unspecified atom stereocenters. The minimum atomic E-state index is 0.538. The fourth-order valence-electron chi connectivity index (χ4n) is 1.23. The summed E-state index contributed by atoms with van der Waals surface area (Å²) in [5.74, 6) is 3.31. The molecule has 0 fully saturated rings. The molecule has 0 radical (unpaired) electrons. The van der Waals surface area contributed by atoms with Gasteiger partial charge in [0.1, 0.15) is 5.75 Å². The molecule has 0 saturated heterocycles. The molecule has 0 aliphatic carbocycles. The Hall–Kier alpha value is -1.82. The number of nitrogens with zero attached hydrogens (tertiary/aromatic N) is 1. The van der Waals surface area contributed by atoms with E-state index in [0.29, 0.717) is 12.2 Å². The average Bonchev–Trinajstić information content (AvgIpc) is 2.17. The van der Waals surface area contributed by atoms with Gasteiger partial charge in [0.2, 0.25) is 0 Å². The van der Waals surface area contributed by atoms with Crippen LogP contribution in [-0.4, -0.2) is 20.7 Å². The van der Waals surface area contributed by atoms with Gasteiger partial charge in [0.05, 0.1) is 25.0 Å². The number of nitrogen functional groups attached to an aromatic ring is 1. The van der Waals surface area contributed by atoms with Crippen LogP contribution < -0.4 is 15.4 Å². The van der Waals surface area contributed by atoms with Crippen LogP contribution in [0.15, 0.2) is 18.2 Å². The molecular weight excluding hydrogens is 176 g/mol. The maximum absolute atomic E-state index is 5.84. The second-order valence-electron chi connectivity index (χ2n) is 2.98. The zero-order chi connectivity index (χ0) is 10.6. The van der Waals surface area contributed by atoms with E-state index in [9.17, 15) is 0 Å². The molecule has 0 aliphatic heterocycles. The summed E-state index contributed by atoms with van der Waals surface area (Å²) < 4.78 is 5.05. The van der Waals surface area contributed by atoms with Crippen LogP contribution in [0.5, 0.6) is 5.75 Å². The Kier molecular flexibility index (Phi) is 3.24. The van der Waals surface area contributed by atoms with E-state index in [1.165, 1.54) is 0 Å². The first-order chi connectivity index (χ1) is 6.69. The standard InChI is InChI=1S/C11H14N2O/c1-4-7-13(2)11-6-5-9(14-3)8-10(11)12/h1,5-6,8H,7,12H2,2-3H3. The number of ether oxygens (including phenoxy) is 1. The topological polar surface area (TPSA) is 38.5 Å². The summed E-state index contributed by atoms with van der Waals surface area (Å²) in [4.78, 5) is 1.91. The highest BCUT2D eigenvalue weighted by Gasteiger charge is 2.04. The van der Waals surface area contributed by atoms with E-state index in [2.05, 4.69) is 5.92 Å². The summed E-state index contributed by atoms with van der Waals surface area (Å²) in [7, 11) is 3.51. The van der Waals surface area contributed by atoms with Gasteiger partial charge in [0.25, 0.3) is 0 Å². The third-order valence-corrected chi connectivity index (χ3v) is 1.97. The van der Waals surface area contributed by atoms with Crippen molar-refractivity contribution in [2.24, 2.45) is 0 Å². The van der Waals surface area contributed by atoms with E-state index in [1.54, 1.807) is 13.2 Å². The van der Waals surface area contributed by atoms with Crippen molar-refractivity contribution in [1.29, 1.82) is 0 Å². The quantitative estimate of drug-likeness (QED) is 0.577. The van der Waals surface area contributed by atoms with Crippen molar-refractivity contribution in [1.82, 2.24) is 0 Å². The first kappa shape index (κ1) is 10.3. The molecular formula is C11H14N2O. The number of hydrogen-bond acceptors (Lipinski definition) is 3. The molecule has 3 nitrogen and oxygen atoms in total. The molecule has 0 aromatic heterocycles. The molecule has 14 heavy (non-hydrogen) atoms. The summed E-state index contributed by atoms with van der Waals surface area (Å²) in [6.07, 6.45) is 5.22. The highest BCUT2D eigenvalue weighted by Crippen LogP contribution is 2.26. The summed E-state index contributed by atoms with van der Waals surface area (Å²) >= 11 is 0. The zero-order valence-electron chi connectivity index (χ0n) is 8.45. The van der Waals surface area contributed by atoms with Crippen molar-refractivity contribution in [3.05, 3.63) is 18.2 Å². The number of anilines is 2. The predicted molar refractivity (Wildman–Crippen MR) is 59.5 cm³/mol. The minimum Gasteiger partial charge on any atom is -0.497 e. The maximum atomic E-state index is 5.84. The Morgan fingerprint density at radius 3 is 2.79 bits per heavy atom. The molecule has 0 saturated carbocycles. The maximum Gasteiger partial charge on any atom is 0.121 e. The van der Waals surface area contributed by atoms with E-state index >= 15 is 0 Å². The van der Waals surface area contributed by atoms with Crippen LogP contribution in [0.3, 0.4) is 0 Å². The molecule has 0 aliphatic rings. The van der Waals surface area contributed by atoms with Gasteiger partial charge in [-0.05, 0) is 12.1 Å². The van der Waals surface area contributed by atoms with Gasteiger partial charge in [-0.1, -0.05) is 5.92 Å². The van der Waals surface area contributed by atoms with Crippen LogP contribution in [0, 0.1) is 12.3 Å². The number of nitrogens with two attached hydrogens (primary N) is 1. The predicted octanol–water partition coefficient (Wildman–Crippen LogP) is 1.35. The molecule has 0 bridgehead atoms. The van der Waals surface area contributed by atoms with Gasteiger partial charge in [-0.15, -0.1) is 6.42 Å². The van der Waals surface area contributed by atoms with Gasteiger partial charge >= 0.3 is 0 Å². The van der Waals surface area contributed by atoms with E-state index < -0.39 is 0 Å². The second-order valence-corrected chi connectivity index (χ2v) is 2.98. The van der Waals surface area contributed by atoms with Gasteiger partial charge in [-0.3, -0.25) is 0 Å². The molecule has 2 N–H and O–H groups in total. The molecule has 0 amide bonds. The van der Waals surface area contributed by atoms with Crippen molar-refractivity contribution >= 4 is 11.4 Å². The van der Waals surface area contributed by atoms with Crippen LogP contribution in [0.25, 0.3) is 0 Å². The van der Waals surface area contributed by atoms with Gasteiger partial charge in [0, 0.05) is 13.1 Å². The van der Waals surface area contributed by atoms with E-state index in [4.69, 9.17) is 16.9 Å². The summed E-state index contributed by atoms with van der Waals surface area (Å²) in [6, 6.07) is 5.53. The van der Waals surface area contributed by atoms with Crippen LogP contribution >= 0.6 is 0 Å². The van der Waals surface area contributed by atoms with E-state index in [1.807, 2.05) is 24.1 Å². The Morgan fingerprint density at radius 1 is 1.57 bits per heavy atom. The third-order valence-electron chi connectivity index (χ3n) is 1.97. The molecule has 1 rings (SSSR count). The molecule has 0 atom stereocenters. The molecule has 74 valence electrons. The lowest BCUT2D eigenvalue weighted by molar-refractivity contribution is 0.415. The smallest absolute Gasteiger partial charge is 0.121 e. The van der Waals surface area contributed by atoms with Crippen molar-refractivity contribution in [2.75, 3.05) is 31.3 Å². The monoisotopic (exact) mass is 190 g/mol. The van der Waals surface area contributed by atoms with Gasteiger partial charge in [-0.2, -0.15) is 0 Å². The van der Waals surface area contributed by atoms with Gasteiger partial charge < -0.3 is 15.4 Å². The van der Waals surface area contributed by atoms with Gasteiger partial charge in [0.15, 0.2) is 0 Å².